The molecule has 1 N–H and O–H groups in total. The minimum atomic E-state index is 0.691. The molecule has 1 aliphatic heterocycles. The van der Waals surface area contributed by atoms with Crippen LogP contribution in [0.1, 0.15) is 17.5 Å². The highest BCUT2D eigenvalue weighted by Crippen LogP contribution is 2.29. The first-order chi connectivity index (χ1) is 13.2. The Morgan fingerprint density at radius 3 is 2.44 bits per heavy atom. The van der Waals surface area contributed by atoms with Gasteiger partial charge in [-0.05, 0) is 43.1 Å². The number of hydrogen-bond acceptors (Lipinski definition) is 2. The van der Waals surface area contributed by atoms with Gasteiger partial charge >= 0.3 is 0 Å². The molecule has 0 atom stereocenters. The standard InChI is InChI=1S/C22H25Cl2N3/c23-20-7-3-8-21(24)19(20)16-27-15-17(18-6-1-2-9-22(18)27)5-4-12-26-13-10-25-11-14-26/h1-3,6-9,15,25H,4-5,10-14,16H2. The van der Waals surface area contributed by atoms with Gasteiger partial charge in [0.1, 0.15) is 0 Å². The van der Waals surface area contributed by atoms with E-state index in [1.54, 1.807) is 0 Å². The molecule has 1 saturated heterocycles. The van der Waals surface area contributed by atoms with Crippen LogP contribution in [0.15, 0.2) is 48.7 Å². The lowest BCUT2D eigenvalue weighted by Crippen LogP contribution is -2.43. The lowest BCUT2D eigenvalue weighted by Gasteiger charge is -2.26. The second-order valence-corrected chi connectivity index (χ2v) is 8.01. The Labute approximate surface area is 170 Å². The maximum Gasteiger partial charge on any atom is 0.0505 e. The Balaban J connectivity index is 1.54. The average Bonchev–Trinajstić information content (AvgIpc) is 3.04. The SMILES string of the molecule is Clc1cccc(Cl)c1Cn1cc(CCCN2CCNCC2)c2ccccc21. The van der Waals surface area contributed by atoms with Gasteiger partial charge in [-0.15, -0.1) is 0 Å². The Morgan fingerprint density at radius 1 is 0.926 bits per heavy atom. The molecule has 1 aromatic heterocycles. The van der Waals surface area contributed by atoms with E-state index in [0.717, 1.165) is 54.8 Å². The lowest BCUT2D eigenvalue weighted by atomic mass is 10.1. The van der Waals surface area contributed by atoms with Gasteiger partial charge in [-0.1, -0.05) is 47.5 Å². The number of halogens is 2. The highest BCUT2D eigenvalue weighted by molar-refractivity contribution is 6.36. The van der Waals surface area contributed by atoms with E-state index in [1.165, 1.54) is 22.9 Å². The number of aryl methyl sites for hydroxylation is 1. The van der Waals surface area contributed by atoms with Crippen LogP contribution < -0.4 is 5.32 Å². The molecule has 27 heavy (non-hydrogen) atoms. The second kappa shape index (κ2) is 8.66. The van der Waals surface area contributed by atoms with E-state index in [0.29, 0.717) is 6.54 Å². The van der Waals surface area contributed by atoms with E-state index >= 15 is 0 Å². The fourth-order valence-electron chi connectivity index (χ4n) is 3.93. The molecule has 1 fully saturated rings. The number of hydrogen-bond donors (Lipinski definition) is 1. The summed E-state index contributed by atoms with van der Waals surface area (Å²) in [5.41, 5.74) is 3.63. The number of fused-ring (bicyclic) bond motifs is 1. The van der Waals surface area contributed by atoms with Crippen LogP contribution >= 0.6 is 23.2 Å². The first-order valence-electron chi connectivity index (χ1n) is 9.65. The molecule has 0 spiro atoms. The van der Waals surface area contributed by atoms with Crippen LogP contribution in [0, 0.1) is 0 Å². The molecule has 0 aliphatic carbocycles. The molecule has 5 heteroatoms. The number of nitrogens with zero attached hydrogens (tertiary/aromatic N) is 2. The van der Waals surface area contributed by atoms with E-state index < -0.39 is 0 Å². The van der Waals surface area contributed by atoms with Crippen molar-refractivity contribution in [2.75, 3.05) is 32.7 Å². The van der Waals surface area contributed by atoms with Gasteiger partial charge in [0, 0.05) is 58.9 Å². The van der Waals surface area contributed by atoms with Crippen LogP contribution in [-0.4, -0.2) is 42.2 Å². The number of piperazine rings is 1. The summed E-state index contributed by atoms with van der Waals surface area (Å²) >= 11 is 12.8. The van der Waals surface area contributed by atoms with Crippen LogP contribution in [0.2, 0.25) is 10.0 Å². The molecule has 2 heterocycles. The molecule has 0 radical (unpaired) electrons. The van der Waals surface area contributed by atoms with Gasteiger partial charge in [-0.2, -0.15) is 0 Å². The molecule has 0 saturated carbocycles. The van der Waals surface area contributed by atoms with Crippen LogP contribution in [-0.2, 0) is 13.0 Å². The number of rotatable bonds is 6. The fourth-order valence-corrected chi connectivity index (χ4v) is 4.45. The van der Waals surface area contributed by atoms with Crippen molar-refractivity contribution < 1.29 is 0 Å². The molecule has 3 aromatic rings. The average molecular weight is 402 g/mol. The van der Waals surface area contributed by atoms with Crippen molar-refractivity contribution in [2.45, 2.75) is 19.4 Å². The Morgan fingerprint density at radius 2 is 1.67 bits per heavy atom. The van der Waals surface area contributed by atoms with Crippen molar-refractivity contribution in [3.8, 4) is 0 Å². The zero-order chi connectivity index (χ0) is 18.6. The summed E-state index contributed by atoms with van der Waals surface area (Å²) < 4.78 is 2.28. The van der Waals surface area contributed by atoms with Crippen LogP contribution in [0.25, 0.3) is 10.9 Å². The molecule has 0 amide bonds. The minimum Gasteiger partial charge on any atom is -0.343 e. The normalized spacial score (nSPS) is 15.5. The maximum absolute atomic E-state index is 6.40. The largest absolute Gasteiger partial charge is 0.343 e. The third-order valence-corrected chi connectivity index (χ3v) is 6.10. The number of benzene rings is 2. The summed E-state index contributed by atoms with van der Waals surface area (Å²) in [6, 6.07) is 14.3. The Bertz CT molecular complexity index is 893. The highest BCUT2D eigenvalue weighted by Gasteiger charge is 2.13. The molecular formula is C22H25Cl2N3. The van der Waals surface area contributed by atoms with E-state index in [1.807, 2.05) is 18.2 Å². The van der Waals surface area contributed by atoms with Crippen molar-refractivity contribution >= 4 is 34.1 Å². The van der Waals surface area contributed by atoms with E-state index in [-0.39, 0.29) is 0 Å². The van der Waals surface area contributed by atoms with Gasteiger partial charge in [0.05, 0.1) is 6.54 Å². The van der Waals surface area contributed by atoms with E-state index in [9.17, 15) is 0 Å². The van der Waals surface area contributed by atoms with Crippen LogP contribution in [0.4, 0.5) is 0 Å². The lowest BCUT2D eigenvalue weighted by molar-refractivity contribution is 0.238. The zero-order valence-electron chi connectivity index (χ0n) is 15.4. The van der Waals surface area contributed by atoms with Crippen molar-refractivity contribution in [2.24, 2.45) is 0 Å². The van der Waals surface area contributed by atoms with Gasteiger partial charge in [-0.25, -0.2) is 0 Å². The minimum absolute atomic E-state index is 0.691. The summed E-state index contributed by atoms with van der Waals surface area (Å²) in [6.07, 6.45) is 4.55. The van der Waals surface area contributed by atoms with Crippen molar-refractivity contribution in [1.29, 1.82) is 0 Å². The van der Waals surface area contributed by atoms with Crippen molar-refractivity contribution in [1.82, 2.24) is 14.8 Å². The molecule has 3 nitrogen and oxygen atoms in total. The summed E-state index contributed by atoms with van der Waals surface area (Å²) in [6.45, 7) is 6.39. The van der Waals surface area contributed by atoms with E-state index in [2.05, 4.69) is 45.2 Å². The van der Waals surface area contributed by atoms with Crippen LogP contribution in [0.5, 0.6) is 0 Å². The predicted molar refractivity (Wildman–Crippen MR) is 115 cm³/mol. The Hall–Kier alpha value is -1.52. The molecule has 4 rings (SSSR count). The number of aromatic nitrogens is 1. The quantitative estimate of drug-likeness (QED) is 0.637. The fraction of sp³-hybridized carbons (Fsp3) is 0.364. The molecule has 0 bridgehead atoms. The summed E-state index contributed by atoms with van der Waals surface area (Å²) in [7, 11) is 0. The van der Waals surface area contributed by atoms with Gasteiger partial charge in [0.15, 0.2) is 0 Å². The zero-order valence-corrected chi connectivity index (χ0v) is 16.9. The smallest absolute Gasteiger partial charge is 0.0505 e. The van der Waals surface area contributed by atoms with Gasteiger partial charge in [0.2, 0.25) is 0 Å². The molecule has 1 aliphatic rings. The van der Waals surface area contributed by atoms with Gasteiger partial charge < -0.3 is 14.8 Å². The van der Waals surface area contributed by atoms with Crippen molar-refractivity contribution in [3.63, 3.8) is 0 Å². The van der Waals surface area contributed by atoms with E-state index in [4.69, 9.17) is 23.2 Å². The summed E-state index contributed by atoms with van der Waals surface area (Å²) in [4.78, 5) is 2.55. The number of nitrogens with one attached hydrogen (secondary N) is 1. The maximum atomic E-state index is 6.40. The highest BCUT2D eigenvalue weighted by atomic mass is 35.5. The molecular weight excluding hydrogens is 377 g/mol. The third-order valence-electron chi connectivity index (χ3n) is 5.39. The first-order valence-corrected chi connectivity index (χ1v) is 10.4. The predicted octanol–water partition coefficient (Wildman–Crippen LogP) is 4.83. The first kappa shape index (κ1) is 18.8. The third kappa shape index (κ3) is 4.33. The molecule has 0 unspecified atom stereocenters. The monoisotopic (exact) mass is 401 g/mol. The topological polar surface area (TPSA) is 20.2 Å². The number of para-hydroxylation sites is 1. The molecule has 2 aromatic carbocycles. The van der Waals surface area contributed by atoms with Gasteiger partial charge in [0.25, 0.3) is 0 Å². The second-order valence-electron chi connectivity index (χ2n) is 7.19. The van der Waals surface area contributed by atoms with Crippen LogP contribution in [0.3, 0.4) is 0 Å². The summed E-state index contributed by atoms with van der Waals surface area (Å²) in [5.74, 6) is 0. The molecule has 142 valence electrons. The van der Waals surface area contributed by atoms with Gasteiger partial charge in [-0.3, -0.25) is 0 Å². The Kier molecular flexibility index (Phi) is 6.04. The summed E-state index contributed by atoms with van der Waals surface area (Å²) in [5, 5.41) is 6.20. The van der Waals surface area contributed by atoms with Crippen molar-refractivity contribution in [3.05, 3.63) is 69.8 Å².